The van der Waals surface area contributed by atoms with Crippen LogP contribution in [0.2, 0.25) is 0 Å². The number of aryl methyl sites for hydroxylation is 1. The maximum Gasteiger partial charge on any atom is 0.273 e. The fourth-order valence-electron chi connectivity index (χ4n) is 3.13. The van der Waals surface area contributed by atoms with Crippen molar-refractivity contribution in [1.82, 2.24) is 19.5 Å². The van der Waals surface area contributed by atoms with Gasteiger partial charge in [-0.15, -0.1) is 0 Å². The summed E-state index contributed by atoms with van der Waals surface area (Å²) in [7, 11) is 1.62. The number of fused-ring (bicyclic) bond motifs is 1. The predicted octanol–water partition coefficient (Wildman–Crippen LogP) is 0.157. The number of hydrogen-bond donors (Lipinski definition) is 1. The van der Waals surface area contributed by atoms with Crippen molar-refractivity contribution in [2.45, 2.75) is 32.4 Å². The highest BCUT2D eigenvalue weighted by Crippen LogP contribution is 2.24. The maximum absolute atomic E-state index is 12.6. The van der Waals surface area contributed by atoms with Crippen molar-refractivity contribution in [3.63, 3.8) is 0 Å². The van der Waals surface area contributed by atoms with E-state index in [1.165, 1.54) is 4.57 Å². The highest BCUT2D eigenvalue weighted by Gasteiger charge is 2.29. The Bertz CT molecular complexity index is 927. The van der Waals surface area contributed by atoms with Crippen molar-refractivity contribution >= 4 is 11.5 Å². The molecule has 2 aromatic heterocycles. The molecule has 24 heavy (non-hydrogen) atoms. The van der Waals surface area contributed by atoms with Crippen LogP contribution in [-0.2, 0) is 13.5 Å². The Morgan fingerprint density at radius 2 is 2.17 bits per heavy atom. The molecule has 1 N–H and O–H groups in total. The van der Waals surface area contributed by atoms with Gasteiger partial charge in [-0.2, -0.15) is 20.1 Å². The molecule has 1 aliphatic heterocycles. The van der Waals surface area contributed by atoms with Crippen LogP contribution in [0.4, 0.5) is 5.82 Å². The van der Waals surface area contributed by atoms with Gasteiger partial charge in [0.2, 0.25) is 0 Å². The van der Waals surface area contributed by atoms with Crippen LogP contribution in [0.1, 0.15) is 25.1 Å². The van der Waals surface area contributed by atoms with Crippen LogP contribution in [0.5, 0.6) is 0 Å². The molecule has 8 nitrogen and oxygen atoms in total. The van der Waals surface area contributed by atoms with Crippen LogP contribution in [-0.4, -0.2) is 39.4 Å². The van der Waals surface area contributed by atoms with E-state index in [-0.39, 0.29) is 29.6 Å². The van der Waals surface area contributed by atoms with E-state index in [9.17, 15) is 10.1 Å². The molecule has 0 saturated carbocycles. The van der Waals surface area contributed by atoms with Gasteiger partial charge in [0.25, 0.3) is 5.56 Å². The molecule has 1 saturated heterocycles. The molecule has 0 unspecified atom stereocenters. The average Bonchev–Trinajstić information content (AvgIpc) is 2.97. The molecule has 0 aliphatic carbocycles. The first-order valence-electron chi connectivity index (χ1n) is 7.86. The minimum absolute atomic E-state index is 0.0811. The van der Waals surface area contributed by atoms with Crippen LogP contribution >= 0.6 is 0 Å². The van der Waals surface area contributed by atoms with Gasteiger partial charge in [0, 0.05) is 38.3 Å². The topological polar surface area (TPSA) is 102 Å². The summed E-state index contributed by atoms with van der Waals surface area (Å²) in [6, 6.07) is 6.20. The molecular formula is C16H19N7O. The molecule has 2 atom stereocenters. The summed E-state index contributed by atoms with van der Waals surface area (Å²) < 4.78 is 3.04. The zero-order valence-corrected chi connectivity index (χ0v) is 13.9. The fraction of sp³-hybridized carbons (Fsp3) is 0.500. The molecule has 3 rings (SSSR count). The zero-order chi connectivity index (χ0) is 17.4. The van der Waals surface area contributed by atoms with E-state index in [1.54, 1.807) is 17.6 Å². The van der Waals surface area contributed by atoms with Crippen LogP contribution in [0.15, 0.2) is 10.9 Å². The minimum Gasteiger partial charge on any atom is -0.350 e. The molecule has 0 bridgehead atoms. The van der Waals surface area contributed by atoms with Crippen LogP contribution in [0, 0.1) is 22.7 Å². The van der Waals surface area contributed by atoms with Crippen LogP contribution < -0.4 is 15.8 Å². The molecule has 3 heterocycles. The first-order valence-corrected chi connectivity index (χ1v) is 7.86. The lowest BCUT2D eigenvalue weighted by molar-refractivity contribution is 0.419. The van der Waals surface area contributed by atoms with Gasteiger partial charge in [-0.1, -0.05) is 0 Å². The number of nitriles is 2. The van der Waals surface area contributed by atoms with E-state index < -0.39 is 0 Å². The van der Waals surface area contributed by atoms with E-state index in [0.717, 1.165) is 6.54 Å². The number of aromatic nitrogens is 3. The summed E-state index contributed by atoms with van der Waals surface area (Å²) in [5.41, 5.74) is 0.900. The van der Waals surface area contributed by atoms with Gasteiger partial charge in [0.05, 0.1) is 18.2 Å². The second-order valence-electron chi connectivity index (χ2n) is 6.23. The highest BCUT2D eigenvalue weighted by molar-refractivity contribution is 5.61. The van der Waals surface area contributed by atoms with Crippen molar-refractivity contribution in [2.75, 3.05) is 18.0 Å². The Hall–Kier alpha value is -2.84. The van der Waals surface area contributed by atoms with Crippen molar-refractivity contribution in [2.24, 2.45) is 7.05 Å². The molecule has 124 valence electrons. The van der Waals surface area contributed by atoms with E-state index in [2.05, 4.69) is 28.3 Å². The van der Waals surface area contributed by atoms with Gasteiger partial charge < -0.3 is 10.2 Å². The van der Waals surface area contributed by atoms with Gasteiger partial charge in [-0.25, -0.2) is 0 Å². The van der Waals surface area contributed by atoms with Gasteiger partial charge in [0.1, 0.15) is 11.7 Å². The van der Waals surface area contributed by atoms with E-state index >= 15 is 0 Å². The molecule has 1 aliphatic rings. The number of anilines is 1. The third-order valence-corrected chi connectivity index (χ3v) is 4.44. The van der Waals surface area contributed by atoms with Crippen LogP contribution in [0.25, 0.3) is 5.65 Å². The third kappa shape index (κ3) is 2.41. The predicted molar refractivity (Wildman–Crippen MR) is 88.7 cm³/mol. The summed E-state index contributed by atoms with van der Waals surface area (Å²) in [6.45, 7) is 5.54. The Morgan fingerprint density at radius 1 is 1.42 bits per heavy atom. The molecule has 0 aromatic carbocycles. The van der Waals surface area contributed by atoms with Crippen molar-refractivity contribution in [1.29, 1.82) is 10.5 Å². The van der Waals surface area contributed by atoms with Crippen molar-refractivity contribution in [3.05, 3.63) is 27.7 Å². The number of rotatable bonds is 2. The van der Waals surface area contributed by atoms with Gasteiger partial charge in [0.15, 0.2) is 11.4 Å². The molecule has 2 aromatic rings. The number of hydrogen-bond acceptors (Lipinski definition) is 6. The van der Waals surface area contributed by atoms with E-state index in [0.29, 0.717) is 23.7 Å². The lowest BCUT2D eigenvalue weighted by Crippen LogP contribution is -2.55. The normalized spacial score (nSPS) is 20.8. The first-order chi connectivity index (χ1) is 11.5. The molecule has 1 fully saturated rings. The van der Waals surface area contributed by atoms with Gasteiger partial charge in [-0.3, -0.25) is 9.36 Å². The molecular weight excluding hydrogens is 306 g/mol. The molecule has 0 amide bonds. The Balaban J connectivity index is 2.32. The summed E-state index contributed by atoms with van der Waals surface area (Å²) in [5, 5.41) is 26.4. The number of nitrogens with one attached hydrogen (secondary N) is 1. The quantitative estimate of drug-likeness (QED) is 0.844. The van der Waals surface area contributed by atoms with Crippen LogP contribution in [0.3, 0.4) is 0 Å². The summed E-state index contributed by atoms with van der Waals surface area (Å²) >= 11 is 0. The third-order valence-electron chi connectivity index (χ3n) is 4.44. The smallest absolute Gasteiger partial charge is 0.273 e. The second-order valence-corrected chi connectivity index (χ2v) is 6.23. The SMILES string of the molecule is C[C@@H]1CN(c2c(C#N)c(=O)n(C)c3cc(CC#N)nn23)[C@@H](C)CN1. The minimum atomic E-state index is -0.346. The Kier molecular flexibility index (Phi) is 4.00. The monoisotopic (exact) mass is 325 g/mol. The van der Waals surface area contributed by atoms with Gasteiger partial charge in [-0.05, 0) is 13.8 Å². The number of piperazine rings is 1. The molecule has 0 spiro atoms. The maximum atomic E-state index is 12.6. The Labute approximate surface area is 139 Å². The first kappa shape index (κ1) is 16.0. The average molecular weight is 325 g/mol. The van der Waals surface area contributed by atoms with E-state index in [4.69, 9.17) is 5.26 Å². The lowest BCUT2D eigenvalue weighted by atomic mass is 10.1. The summed E-state index contributed by atoms with van der Waals surface area (Å²) in [5.74, 6) is 0.514. The van der Waals surface area contributed by atoms with Gasteiger partial charge >= 0.3 is 0 Å². The fourth-order valence-corrected chi connectivity index (χ4v) is 3.13. The van der Waals surface area contributed by atoms with E-state index in [1.807, 2.05) is 13.0 Å². The zero-order valence-electron chi connectivity index (χ0n) is 13.9. The molecule has 0 radical (unpaired) electrons. The largest absolute Gasteiger partial charge is 0.350 e. The molecule has 8 heteroatoms. The summed E-state index contributed by atoms with van der Waals surface area (Å²) in [4.78, 5) is 14.7. The lowest BCUT2D eigenvalue weighted by Gasteiger charge is -2.39. The van der Waals surface area contributed by atoms with Crippen molar-refractivity contribution in [3.8, 4) is 12.1 Å². The standard InChI is InChI=1S/C16H19N7O/c1-10-9-22(11(2)8-19-10)15-13(7-18)16(24)21(3)14-6-12(4-5-17)20-23(14)15/h6,10-11,19H,4,8-9H2,1-3H3/t10-,11+/m1/s1. The highest BCUT2D eigenvalue weighted by atomic mass is 16.1. The summed E-state index contributed by atoms with van der Waals surface area (Å²) in [6.07, 6.45) is 0.157. The van der Waals surface area contributed by atoms with Crippen molar-refractivity contribution < 1.29 is 0 Å². The Morgan fingerprint density at radius 3 is 2.83 bits per heavy atom. The second kappa shape index (κ2) is 5.99. The number of nitrogens with zero attached hydrogens (tertiary/aromatic N) is 6.